The minimum Gasteiger partial charge on any atom is -0.481 e. The van der Waals surface area contributed by atoms with Crippen LogP contribution in [0.5, 0.6) is 0 Å². The van der Waals surface area contributed by atoms with E-state index in [9.17, 15) is 96.7 Å². The number of carboxylic acids is 1. The fraction of sp³-hybridized carbons (Fsp3) is 0.953. The predicted molar refractivity (Wildman–Crippen MR) is 316 cm³/mol. The van der Waals surface area contributed by atoms with Crippen LogP contribution in [0.1, 0.15) is 113 Å². The Hall–Kier alpha value is -1.95. The van der Waals surface area contributed by atoms with Crippen LogP contribution >= 0.6 is 0 Å². The van der Waals surface area contributed by atoms with Crippen molar-refractivity contribution in [2.75, 3.05) is 39.6 Å². The van der Waals surface area contributed by atoms with Gasteiger partial charge in [-0.1, -0.05) is 60.1 Å². The number of aliphatic hydroxyl groups excluding tert-OH is 17. The summed E-state index contributed by atoms with van der Waals surface area (Å²) in [5.41, 5.74) is -0.522. The number of aliphatic carboxylic acids is 1. The summed E-state index contributed by atoms with van der Waals surface area (Å²) in [5.74, 6) is -0.370. The third-order valence-corrected chi connectivity index (χ3v) is 24.9. The van der Waals surface area contributed by atoms with Gasteiger partial charge in [-0.15, -0.1) is 0 Å². The van der Waals surface area contributed by atoms with Crippen LogP contribution in [0.15, 0.2) is 11.6 Å². The average Bonchev–Trinajstić information content (AvgIpc) is 0.676. The summed E-state index contributed by atoms with van der Waals surface area (Å²) < 4.78 is 71.0. The van der Waals surface area contributed by atoms with E-state index in [0.29, 0.717) is 19.3 Å². The van der Waals surface area contributed by atoms with Gasteiger partial charge in [0.25, 0.3) is 0 Å². The Kier molecular flexibility index (Phi) is 21.9. The molecule has 4 saturated carbocycles. The van der Waals surface area contributed by atoms with E-state index >= 15 is 0 Å². The van der Waals surface area contributed by atoms with E-state index in [2.05, 4.69) is 54.5 Å². The smallest absolute Gasteiger partial charge is 0.310 e. The molecule has 36 atom stereocenters. The van der Waals surface area contributed by atoms with Crippen molar-refractivity contribution in [1.29, 1.82) is 0 Å². The maximum atomic E-state index is 13.3. The van der Waals surface area contributed by atoms with Crippen molar-refractivity contribution in [1.82, 2.24) is 0 Å². The fourth-order valence-corrected chi connectivity index (χ4v) is 18.7. The van der Waals surface area contributed by atoms with E-state index in [4.69, 9.17) is 56.8 Å². The van der Waals surface area contributed by atoms with E-state index in [1.165, 1.54) is 5.57 Å². The van der Waals surface area contributed by atoms with Crippen LogP contribution in [0, 0.1) is 50.2 Å². The molecule has 546 valence electrons. The quantitative estimate of drug-likeness (QED) is 0.0482. The van der Waals surface area contributed by atoms with Crippen molar-refractivity contribution in [2.24, 2.45) is 50.2 Å². The van der Waals surface area contributed by atoms with Crippen molar-refractivity contribution in [2.45, 2.75) is 291 Å². The first-order valence-electron chi connectivity index (χ1n) is 33.7. The highest BCUT2D eigenvalue weighted by atomic mass is 16.8. The molecule has 0 aromatic heterocycles. The molecule has 36 unspecified atom stereocenters. The zero-order valence-corrected chi connectivity index (χ0v) is 54.7. The van der Waals surface area contributed by atoms with E-state index in [-0.39, 0.29) is 39.4 Å². The van der Waals surface area contributed by atoms with Gasteiger partial charge in [0, 0.05) is 0 Å². The minimum atomic E-state index is -2.07. The molecule has 11 aliphatic rings. The van der Waals surface area contributed by atoms with Gasteiger partial charge < -0.3 is 149 Å². The Balaban J connectivity index is 0.777. The van der Waals surface area contributed by atoms with Crippen molar-refractivity contribution < 1.29 is 154 Å². The molecule has 6 saturated heterocycles. The van der Waals surface area contributed by atoms with Crippen LogP contribution in [-0.4, -0.2) is 316 Å². The van der Waals surface area contributed by atoms with Crippen LogP contribution < -0.4 is 0 Å². The number of carbonyl (C=O) groups is 1. The summed E-state index contributed by atoms with van der Waals surface area (Å²) in [4.78, 5) is 13.3. The highest BCUT2D eigenvalue weighted by Crippen LogP contribution is 2.76. The SMILES string of the molecule is CC1(C)CCC2(C(=O)O)CCC3(C)C(=CCC4C5(C)CCC(OC6OCC(O)C(O)C6OC6OC(COC7OC(COC8OC(COC9OC(CO)C(O)C(O)C9O)C(O)C(O)C8O)C(O)C(O)C7O)C(O)C(OC7OCC(O)C(O)C7O)C6O)C(C)(C)C5CCC43C)C2C1. The average molecular weight is 1370 g/mol. The van der Waals surface area contributed by atoms with Gasteiger partial charge in [0.1, 0.15) is 134 Å². The van der Waals surface area contributed by atoms with Gasteiger partial charge in [0.05, 0.1) is 51.2 Å². The molecule has 11 rings (SSSR count). The summed E-state index contributed by atoms with van der Waals surface area (Å²) in [7, 11) is 0. The molecule has 0 amide bonds. The number of hydrogen-bond donors (Lipinski definition) is 18. The molecular weight excluding hydrogens is 1260 g/mol. The molecule has 95 heavy (non-hydrogen) atoms. The Labute approximate surface area is 550 Å². The highest BCUT2D eigenvalue weighted by molar-refractivity contribution is 5.76. The van der Waals surface area contributed by atoms with Gasteiger partial charge in [-0.25, -0.2) is 0 Å². The van der Waals surface area contributed by atoms with Gasteiger partial charge in [0.2, 0.25) is 0 Å². The minimum absolute atomic E-state index is 0.0157. The second-order valence-electron chi connectivity index (χ2n) is 31.1. The van der Waals surface area contributed by atoms with Gasteiger partial charge in [-0.05, 0) is 109 Å². The number of ether oxygens (including phenoxy) is 12. The first-order chi connectivity index (χ1) is 44.5. The molecule has 0 radical (unpaired) electrons. The number of carboxylic acid groups (broad SMARTS) is 1. The molecule has 0 bridgehead atoms. The lowest BCUT2D eigenvalue weighted by atomic mass is 9.33. The van der Waals surface area contributed by atoms with Crippen molar-refractivity contribution in [3.8, 4) is 0 Å². The summed E-state index contributed by atoms with van der Waals surface area (Å²) in [6.45, 7) is 12.0. The predicted octanol–water partition coefficient (Wildman–Crippen LogP) is -4.54. The second-order valence-corrected chi connectivity index (χ2v) is 31.1. The number of fused-ring (bicyclic) bond motifs is 7. The third-order valence-electron chi connectivity index (χ3n) is 24.9. The molecule has 18 N–H and O–H groups in total. The largest absolute Gasteiger partial charge is 0.481 e. The topological polar surface area (TPSA) is 492 Å². The van der Waals surface area contributed by atoms with Crippen molar-refractivity contribution in [3.63, 3.8) is 0 Å². The van der Waals surface area contributed by atoms with Crippen LogP contribution in [0.25, 0.3) is 0 Å². The number of hydrogen-bond acceptors (Lipinski definition) is 30. The Morgan fingerprint density at radius 1 is 0.474 bits per heavy atom. The van der Waals surface area contributed by atoms with Crippen LogP contribution in [0.3, 0.4) is 0 Å². The van der Waals surface area contributed by atoms with Crippen LogP contribution in [0.4, 0.5) is 0 Å². The number of rotatable bonds is 17. The molecule has 6 heterocycles. The zero-order valence-electron chi connectivity index (χ0n) is 54.7. The van der Waals surface area contributed by atoms with Crippen LogP contribution in [0.2, 0.25) is 0 Å². The third kappa shape index (κ3) is 13.2. The van der Waals surface area contributed by atoms with E-state index in [1.807, 2.05) is 0 Å². The molecule has 0 aromatic rings. The summed E-state index contributed by atoms with van der Waals surface area (Å²) in [6, 6.07) is 0. The van der Waals surface area contributed by atoms with E-state index < -0.39 is 235 Å². The molecule has 0 spiro atoms. The second kappa shape index (κ2) is 28.0. The molecule has 0 aromatic carbocycles. The first-order valence-corrected chi connectivity index (χ1v) is 33.7. The highest BCUT2D eigenvalue weighted by Gasteiger charge is 2.70. The summed E-state index contributed by atoms with van der Waals surface area (Å²) in [5, 5.41) is 196. The van der Waals surface area contributed by atoms with Crippen molar-refractivity contribution in [3.05, 3.63) is 11.6 Å². The van der Waals surface area contributed by atoms with Gasteiger partial charge in [-0.2, -0.15) is 0 Å². The lowest BCUT2D eigenvalue weighted by Crippen LogP contribution is -2.67. The summed E-state index contributed by atoms with van der Waals surface area (Å²) >= 11 is 0. The molecule has 6 aliphatic heterocycles. The van der Waals surface area contributed by atoms with E-state index in [0.717, 1.165) is 44.9 Å². The number of allylic oxidation sites excluding steroid dienone is 2. The molecule has 31 heteroatoms. The standard InChI is InChI=1S/C64H104O31/c1-59(2)14-16-64(58(82)83)17-15-62(6)25(26(64)18-59)8-9-34-61(5)12-11-35(60(3,4)33(61)10-13-63(34,62)7)93-57-51(37(69)28(67)21-85-57)95-56-49(81)50(94-55-45(77)36(68)27(66)20-84-55)41(73)32(92-56)24-88-54-48(80)44(76)40(72)31(91-54)23-87-53-47(79)43(75)39(71)30(90-53)22-86-52-46(78)42(74)38(70)29(19-65)89-52/h8,26-57,65-81H,9-24H2,1-7H3,(H,82,83). The Bertz CT molecular complexity index is 2660. The zero-order chi connectivity index (χ0) is 69.1. The molecule has 5 aliphatic carbocycles. The van der Waals surface area contributed by atoms with Gasteiger partial charge in [0.15, 0.2) is 37.7 Å². The Morgan fingerprint density at radius 2 is 0.958 bits per heavy atom. The maximum Gasteiger partial charge on any atom is 0.310 e. The molecule has 10 fully saturated rings. The maximum absolute atomic E-state index is 13.3. The number of aliphatic hydroxyl groups is 17. The molecule has 31 nitrogen and oxygen atoms in total. The Morgan fingerprint density at radius 3 is 1.52 bits per heavy atom. The first kappa shape index (κ1) is 74.2. The summed E-state index contributed by atoms with van der Waals surface area (Å²) in [6.07, 6.45) is -40.8. The van der Waals surface area contributed by atoms with Gasteiger partial charge >= 0.3 is 5.97 Å². The normalized spacial score (nSPS) is 53.8. The fourth-order valence-electron chi connectivity index (χ4n) is 18.7. The van der Waals surface area contributed by atoms with Crippen molar-refractivity contribution >= 4 is 5.97 Å². The van der Waals surface area contributed by atoms with Gasteiger partial charge in [-0.3, -0.25) is 4.79 Å². The molecular formula is C64H104O31. The lowest BCUT2D eigenvalue weighted by Gasteiger charge is -2.71. The lowest BCUT2D eigenvalue weighted by molar-refractivity contribution is -0.386. The van der Waals surface area contributed by atoms with Crippen LogP contribution in [-0.2, 0) is 61.6 Å². The van der Waals surface area contributed by atoms with E-state index in [1.54, 1.807) is 0 Å². The monoisotopic (exact) mass is 1370 g/mol.